The normalized spacial score (nSPS) is 13.2. The molecule has 0 saturated heterocycles. The van der Waals surface area contributed by atoms with E-state index in [1.54, 1.807) is 6.07 Å². The number of hydrogen-bond donors (Lipinski definition) is 0. The van der Waals surface area contributed by atoms with E-state index >= 15 is 0 Å². The summed E-state index contributed by atoms with van der Waals surface area (Å²) in [7, 11) is 0. The highest BCUT2D eigenvalue weighted by Gasteiger charge is 2.57. The van der Waals surface area contributed by atoms with Gasteiger partial charge in [0, 0.05) is 17.9 Å². The van der Waals surface area contributed by atoms with Crippen molar-refractivity contribution in [2.75, 3.05) is 6.61 Å². The monoisotopic (exact) mass is 406 g/mol. The number of carbonyl (C=O) groups is 2. The van der Waals surface area contributed by atoms with Gasteiger partial charge in [0.15, 0.2) is 6.61 Å². The number of benzene rings is 1. The van der Waals surface area contributed by atoms with E-state index in [0.29, 0.717) is 5.02 Å². The van der Waals surface area contributed by atoms with Gasteiger partial charge in [-0.05, 0) is 24.6 Å². The summed E-state index contributed by atoms with van der Waals surface area (Å²) in [6.45, 7) is -2.06. The Morgan fingerprint density at radius 2 is 1.69 bits per heavy atom. The number of esters is 2. The molecule has 0 spiro atoms. The molecule has 0 heterocycles. The molecule has 0 aliphatic heterocycles. The molecule has 0 aromatic heterocycles. The number of halogens is 7. The van der Waals surface area contributed by atoms with Crippen molar-refractivity contribution in [3.05, 3.63) is 29.3 Å². The molecule has 0 aliphatic rings. The fourth-order valence-corrected chi connectivity index (χ4v) is 1.83. The lowest BCUT2D eigenvalue weighted by Crippen LogP contribution is -2.45. The van der Waals surface area contributed by atoms with Crippen molar-refractivity contribution < 1.29 is 45.4 Å². The maximum Gasteiger partial charge on any atom is 0.425 e. The maximum atomic E-state index is 12.9. The molecule has 1 atom stereocenters. The molecule has 0 aliphatic carbocycles. The number of hydrogen-bond acceptors (Lipinski definition) is 4. The number of carbonyl (C=O) groups excluding carboxylic acids is 2. The van der Waals surface area contributed by atoms with Crippen molar-refractivity contribution in [1.82, 2.24) is 0 Å². The van der Waals surface area contributed by atoms with Crippen LogP contribution in [0.1, 0.15) is 19.3 Å². The molecular weight excluding hydrogens is 394 g/mol. The predicted octanol–water partition coefficient (Wildman–Crippen LogP) is 4.49. The van der Waals surface area contributed by atoms with E-state index in [2.05, 4.69) is 4.74 Å². The average Bonchev–Trinajstić information content (AvgIpc) is 2.51. The Morgan fingerprint density at radius 3 is 2.27 bits per heavy atom. The topological polar surface area (TPSA) is 52.6 Å². The van der Waals surface area contributed by atoms with Crippen LogP contribution in [0, 0.1) is 0 Å². The molecule has 4 nitrogen and oxygen atoms in total. The Hall–Kier alpha value is -1.97. The van der Waals surface area contributed by atoms with Crippen molar-refractivity contribution in [1.29, 1.82) is 0 Å². The minimum absolute atomic E-state index is 0.158. The van der Waals surface area contributed by atoms with Crippen LogP contribution in [-0.4, -0.2) is 36.8 Å². The number of ether oxygens (including phenoxy) is 2. The highest BCUT2D eigenvalue weighted by molar-refractivity contribution is 6.30. The lowest BCUT2D eigenvalue weighted by molar-refractivity contribution is -0.254. The summed E-state index contributed by atoms with van der Waals surface area (Å²) in [6.07, 6.45) is -11.2. The molecule has 1 rings (SSSR count). The van der Waals surface area contributed by atoms with Crippen molar-refractivity contribution in [2.45, 2.75) is 37.5 Å². The van der Waals surface area contributed by atoms with Gasteiger partial charge in [-0.2, -0.15) is 22.0 Å². The lowest BCUT2D eigenvalue weighted by Gasteiger charge is -2.22. The van der Waals surface area contributed by atoms with E-state index in [0.717, 1.165) is 0 Å². The maximum absolute atomic E-state index is 12.9. The summed E-state index contributed by atoms with van der Waals surface area (Å²) < 4.78 is 83.0. The van der Waals surface area contributed by atoms with Gasteiger partial charge in [0.05, 0.1) is 0 Å². The van der Waals surface area contributed by atoms with Gasteiger partial charge in [0.1, 0.15) is 5.75 Å². The van der Waals surface area contributed by atoms with Crippen molar-refractivity contribution in [3.8, 4) is 5.75 Å². The molecule has 1 aromatic rings. The standard InChI is InChI=1S/C15H13ClF6O4/c16-9-3-1-4-10(7-9)26-12(24)6-2-5-11(23)25-8-14(18,19)13(17)15(20,21)22/h1,3-4,7,13H,2,5-6,8H2. The lowest BCUT2D eigenvalue weighted by atomic mass is 10.2. The van der Waals surface area contributed by atoms with Gasteiger partial charge in [-0.1, -0.05) is 17.7 Å². The Labute approximate surface area is 149 Å². The number of alkyl halides is 6. The highest BCUT2D eigenvalue weighted by Crippen LogP contribution is 2.35. The van der Waals surface area contributed by atoms with Crippen LogP contribution in [0.5, 0.6) is 5.75 Å². The van der Waals surface area contributed by atoms with Gasteiger partial charge in [-0.15, -0.1) is 0 Å². The van der Waals surface area contributed by atoms with Crippen LogP contribution >= 0.6 is 11.6 Å². The smallest absolute Gasteiger partial charge is 0.425 e. The van der Waals surface area contributed by atoms with Gasteiger partial charge in [-0.3, -0.25) is 9.59 Å². The summed E-state index contributed by atoms with van der Waals surface area (Å²) in [5.41, 5.74) is 0. The first-order chi connectivity index (χ1) is 11.9. The van der Waals surface area contributed by atoms with Crippen molar-refractivity contribution in [3.63, 3.8) is 0 Å². The summed E-state index contributed by atoms with van der Waals surface area (Å²) in [5.74, 6) is -6.79. The van der Waals surface area contributed by atoms with Crippen molar-refractivity contribution in [2.24, 2.45) is 0 Å². The first-order valence-corrected chi connectivity index (χ1v) is 7.50. The summed E-state index contributed by atoms with van der Waals surface area (Å²) in [6, 6.07) is 5.89. The molecule has 0 bridgehead atoms. The van der Waals surface area contributed by atoms with Gasteiger partial charge >= 0.3 is 24.0 Å². The van der Waals surface area contributed by atoms with E-state index in [1.165, 1.54) is 18.2 Å². The Balaban J connectivity index is 2.33. The van der Waals surface area contributed by atoms with E-state index < -0.39 is 43.2 Å². The Morgan fingerprint density at radius 1 is 1.08 bits per heavy atom. The quantitative estimate of drug-likeness (QED) is 0.362. The number of rotatable bonds is 8. The molecule has 0 saturated carbocycles. The molecule has 1 aromatic carbocycles. The average molecular weight is 407 g/mol. The Bertz CT molecular complexity index is 635. The molecule has 0 fully saturated rings. The van der Waals surface area contributed by atoms with E-state index in [4.69, 9.17) is 16.3 Å². The first kappa shape index (κ1) is 22.1. The van der Waals surface area contributed by atoms with Crippen LogP contribution in [0.4, 0.5) is 26.3 Å². The van der Waals surface area contributed by atoms with Crippen LogP contribution in [0.15, 0.2) is 24.3 Å². The molecular formula is C15H13ClF6O4. The third kappa shape index (κ3) is 7.51. The summed E-state index contributed by atoms with van der Waals surface area (Å²) in [4.78, 5) is 22.7. The molecule has 11 heteroatoms. The molecule has 0 N–H and O–H groups in total. The fraction of sp³-hybridized carbons (Fsp3) is 0.467. The van der Waals surface area contributed by atoms with Gasteiger partial charge in [-0.25, -0.2) is 4.39 Å². The fourth-order valence-electron chi connectivity index (χ4n) is 1.65. The largest absolute Gasteiger partial charge is 0.459 e. The van der Waals surface area contributed by atoms with Crippen LogP contribution in [0.25, 0.3) is 0 Å². The minimum atomic E-state index is -5.78. The van der Waals surface area contributed by atoms with Crippen molar-refractivity contribution >= 4 is 23.5 Å². The van der Waals surface area contributed by atoms with Crippen LogP contribution in [-0.2, 0) is 14.3 Å². The zero-order valence-electron chi connectivity index (χ0n) is 13.0. The zero-order chi connectivity index (χ0) is 20.0. The third-order valence-corrected chi connectivity index (χ3v) is 3.11. The van der Waals surface area contributed by atoms with Gasteiger partial charge in [0.25, 0.3) is 6.17 Å². The molecule has 0 radical (unpaired) electrons. The molecule has 146 valence electrons. The van der Waals surface area contributed by atoms with Crippen LogP contribution in [0.3, 0.4) is 0 Å². The second-order valence-corrected chi connectivity index (χ2v) is 5.55. The van der Waals surface area contributed by atoms with E-state index in [9.17, 15) is 35.9 Å². The van der Waals surface area contributed by atoms with Crippen LogP contribution in [0.2, 0.25) is 5.02 Å². The minimum Gasteiger partial charge on any atom is -0.459 e. The third-order valence-electron chi connectivity index (χ3n) is 2.87. The highest BCUT2D eigenvalue weighted by atomic mass is 35.5. The second kappa shape index (κ2) is 9.11. The summed E-state index contributed by atoms with van der Waals surface area (Å²) >= 11 is 5.69. The molecule has 26 heavy (non-hydrogen) atoms. The summed E-state index contributed by atoms with van der Waals surface area (Å²) in [5, 5.41) is 0.324. The second-order valence-electron chi connectivity index (χ2n) is 5.11. The SMILES string of the molecule is O=C(CCCC(=O)Oc1cccc(Cl)c1)OCC(F)(F)C(F)C(F)(F)F. The van der Waals surface area contributed by atoms with E-state index in [1.807, 2.05) is 0 Å². The predicted molar refractivity (Wildman–Crippen MR) is 77.8 cm³/mol. The van der Waals surface area contributed by atoms with Crippen LogP contribution < -0.4 is 4.74 Å². The van der Waals surface area contributed by atoms with E-state index in [-0.39, 0.29) is 18.6 Å². The molecule has 1 unspecified atom stereocenters. The molecule has 0 amide bonds. The first-order valence-electron chi connectivity index (χ1n) is 7.12. The Kier molecular flexibility index (Phi) is 7.73. The van der Waals surface area contributed by atoms with Gasteiger partial charge < -0.3 is 9.47 Å². The van der Waals surface area contributed by atoms with Gasteiger partial charge in [0.2, 0.25) is 0 Å². The zero-order valence-corrected chi connectivity index (χ0v) is 13.7.